The molecule has 0 saturated heterocycles. The number of carbonyl (C=O) groups excluding carboxylic acids is 1. The summed E-state index contributed by atoms with van der Waals surface area (Å²) in [5, 5.41) is 5.68. The van der Waals surface area contributed by atoms with Gasteiger partial charge in [-0.25, -0.2) is 0 Å². The van der Waals surface area contributed by atoms with E-state index in [1.165, 1.54) is 11.3 Å². The molecule has 1 heterocycles. The van der Waals surface area contributed by atoms with E-state index in [-0.39, 0.29) is 11.9 Å². The number of thiophene rings is 1. The molecule has 1 atom stereocenters. The SMILES string of the molecule is CC(CCBr)NC(=O)c1csc(Br)c1. The number of amides is 1. The van der Waals surface area contributed by atoms with E-state index in [0.717, 1.165) is 21.1 Å². The van der Waals surface area contributed by atoms with Crippen LogP contribution in [0.4, 0.5) is 0 Å². The van der Waals surface area contributed by atoms with Crippen molar-refractivity contribution in [2.24, 2.45) is 0 Å². The molecular weight excluding hydrogens is 330 g/mol. The Morgan fingerprint density at radius 2 is 2.43 bits per heavy atom. The van der Waals surface area contributed by atoms with Crippen LogP contribution < -0.4 is 5.32 Å². The van der Waals surface area contributed by atoms with Gasteiger partial charge in [0.2, 0.25) is 0 Å². The minimum absolute atomic E-state index is 0.000370. The summed E-state index contributed by atoms with van der Waals surface area (Å²) in [4.78, 5) is 11.6. The molecule has 5 heteroatoms. The van der Waals surface area contributed by atoms with Crippen molar-refractivity contribution in [2.45, 2.75) is 19.4 Å². The third kappa shape index (κ3) is 3.71. The van der Waals surface area contributed by atoms with E-state index in [2.05, 4.69) is 37.2 Å². The molecule has 0 aliphatic heterocycles. The van der Waals surface area contributed by atoms with E-state index in [0.29, 0.717) is 0 Å². The van der Waals surface area contributed by atoms with Gasteiger partial charge in [-0.1, -0.05) is 15.9 Å². The van der Waals surface area contributed by atoms with Crippen LogP contribution in [-0.2, 0) is 0 Å². The average molecular weight is 341 g/mol. The van der Waals surface area contributed by atoms with Gasteiger partial charge < -0.3 is 5.32 Å². The third-order valence-electron chi connectivity index (χ3n) is 1.75. The lowest BCUT2D eigenvalue weighted by Crippen LogP contribution is -2.32. The number of alkyl halides is 1. The van der Waals surface area contributed by atoms with Gasteiger partial charge in [-0.05, 0) is 35.3 Å². The first kappa shape index (κ1) is 12.2. The summed E-state index contributed by atoms with van der Waals surface area (Å²) in [5.74, 6) is 0.000370. The molecule has 0 spiro atoms. The molecule has 0 fully saturated rings. The fourth-order valence-electron chi connectivity index (χ4n) is 0.972. The quantitative estimate of drug-likeness (QED) is 0.836. The fourth-order valence-corrected chi connectivity index (χ4v) is 2.80. The van der Waals surface area contributed by atoms with Crippen LogP contribution in [0.1, 0.15) is 23.7 Å². The van der Waals surface area contributed by atoms with Crippen LogP contribution in [0.5, 0.6) is 0 Å². The van der Waals surface area contributed by atoms with Crippen LogP contribution in [0.25, 0.3) is 0 Å². The summed E-state index contributed by atoms with van der Waals surface area (Å²) in [6, 6.07) is 2.04. The van der Waals surface area contributed by atoms with Crippen molar-refractivity contribution in [1.82, 2.24) is 5.32 Å². The highest BCUT2D eigenvalue weighted by atomic mass is 79.9. The zero-order valence-corrected chi connectivity index (χ0v) is 11.7. The van der Waals surface area contributed by atoms with Gasteiger partial charge >= 0.3 is 0 Å². The molecule has 1 aromatic rings. The van der Waals surface area contributed by atoms with Gasteiger partial charge in [0.1, 0.15) is 0 Å². The van der Waals surface area contributed by atoms with Crippen molar-refractivity contribution in [3.8, 4) is 0 Å². The summed E-state index contributed by atoms with van der Waals surface area (Å²) >= 11 is 8.19. The Bertz CT molecular complexity index is 314. The summed E-state index contributed by atoms with van der Waals surface area (Å²) in [6.45, 7) is 2.00. The highest BCUT2D eigenvalue weighted by Crippen LogP contribution is 2.20. The molecule has 1 N–H and O–H groups in total. The fraction of sp³-hybridized carbons (Fsp3) is 0.444. The first-order valence-electron chi connectivity index (χ1n) is 4.24. The van der Waals surface area contributed by atoms with E-state index in [9.17, 15) is 4.79 Å². The number of carbonyl (C=O) groups is 1. The number of halogens is 2. The molecule has 0 radical (unpaired) electrons. The first-order valence-corrected chi connectivity index (χ1v) is 7.03. The molecule has 0 aliphatic rings. The minimum Gasteiger partial charge on any atom is -0.350 e. The summed E-state index contributed by atoms with van der Waals surface area (Å²) in [6.07, 6.45) is 0.942. The second kappa shape index (κ2) is 5.88. The monoisotopic (exact) mass is 339 g/mol. The zero-order valence-electron chi connectivity index (χ0n) is 7.72. The molecule has 1 rings (SSSR count). The Morgan fingerprint density at radius 3 is 2.93 bits per heavy atom. The van der Waals surface area contributed by atoms with Crippen LogP contribution >= 0.6 is 43.2 Å². The molecule has 0 bridgehead atoms. The Hall–Kier alpha value is 0.130. The normalized spacial score (nSPS) is 12.5. The molecule has 0 saturated carbocycles. The maximum Gasteiger partial charge on any atom is 0.252 e. The molecule has 1 unspecified atom stereocenters. The van der Waals surface area contributed by atoms with Crippen molar-refractivity contribution in [1.29, 1.82) is 0 Å². The van der Waals surface area contributed by atoms with E-state index < -0.39 is 0 Å². The van der Waals surface area contributed by atoms with Crippen LogP contribution in [0.3, 0.4) is 0 Å². The van der Waals surface area contributed by atoms with Gasteiger partial charge in [-0.3, -0.25) is 4.79 Å². The van der Waals surface area contributed by atoms with E-state index >= 15 is 0 Å². The highest BCUT2D eigenvalue weighted by Gasteiger charge is 2.10. The summed E-state index contributed by atoms with van der Waals surface area (Å²) in [5.41, 5.74) is 0.725. The topological polar surface area (TPSA) is 29.1 Å². The molecule has 1 aromatic heterocycles. The molecule has 0 aromatic carbocycles. The molecule has 14 heavy (non-hydrogen) atoms. The second-order valence-corrected chi connectivity index (χ2v) is 6.08. The van der Waals surface area contributed by atoms with Gasteiger partial charge in [-0.15, -0.1) is 11.3 Å². The molecule has 0 aliphatic carbocycles. The van der Waals surface area contributed by atoms with E-state index in [1.807, 2.05) is 18.4 Å². The van der Waals surface area contributed by atoms with Crippen LogP contribution in [-0.4, -0.2) is 17.3 Å². The second-order valence-electron chi connectivity index (χ2n) is 2.99. The Balaban J connectivity index is 2.50. The Kier molecular flexibility index (Phi) is 5.12. The van der Waals surface area contributed by atoms with Crippen LogP contribution in [0.2, 0.25) is 0 Å². The minimum atomic E-state index is 0.000370. The van der Waals surface area contributed by atoms with Gasteiger partial charge in [0.25, 0.3) is 5.91 Å². The summed E-state index contributed by atoms with van der Waals surface area (Å²) in [7, 11) is 0. The van der Waals surface area contributed by atoms with Gasteiger partial charge in [0, 0.05) is 16.8 Å². The third-order valence-corrected chi connectivity index (χ3v) is 3.71. The number of hydrogen-bond donors (Lipinski definition) is 1. The van der Waals surface area contributed by atoms with Gasteiger partial charge in [0.05, 0.1) is 9.35 Å². The lowest BCUT2D eigenvalue weighted by Gasteiger charge is -2.11. The van der Waals surface area contributed by atoms with Gasteiger partial charge in [-0.2, -0.15) is 0 Å². The van der Waals surface area contributed by atoms with Crippen LogP contribution in [0.15, 0.2) is 15.2 Å². The lowest BCUT2D eigenvalue weighted by atomic mass is 10.2. The van der Waals surface area contributed by atoms with Crippen LogP contribution in [0, 0.1) is 0 Å². The maximum absolute atomic E-state index is 11.6. The summed E-state index contributed by atoms with van der Waals surface area (Å²) < 4.78 is 0.982. The Morgan fingerprint density at radius 1 is 1.71 bits per heavy atom. The molecule has 1 amide bonds. The first-order chi connectivity index (χ1) is 6.63. The predicted molar refractivity (Wildman–Crippen MR) is 67.4 cm³/mol. The number of nitrogens with one attached hydrogen (secondary N) is 1. The molecular formula is C9H11Br2NOS. The van der Waals surface area contributed by atoms with E-state index in [4.69, 9.17) is 0 Å². The highest BCUT2D eigenvalue weighted by molar-refractivity contribution is 9.11. The van der Waals surface area contributed by atoms with Crippen molar-refractivity contribution in [3.05, 3.63) is 20.8 Å². The standard InChI is InChI=1S/C9H11Br2NOS/c1-6(2-3-10)12-9(13)7-4-8(11)14-5-7/h4-6H,2-3H2,1H3,(H,12,13). The lowest BCUT2D eigenvalue weighted by molar-refractivity contribution is 0.0940. The molecule has 78 valence electrons. The largest absolute Gasteiger partial charge is 0.350 e. The maximum atomic E-state index is 11.6. The Labute approximate surface area is 104 Å². The van der Waals surface area contributed by atoms with Gasteiger partial charge in [0.15, 0.2) is 0 Å². The predicted octanol–water partition coefficient (Wildman–Crippen LogP) is 3.41. The number of rotatable bonds is 4. The van der Waals surface area contributed by atoms with Crippen molar-refractivity contribution < 1.29 is 4.79 Å². The van der Waals surface area contributed by atoms with Crippen molar-refractivity contribution in [3.63, 3.8) is 0 Å². The molecule has 2 nitrogen and oxygen atoms in total. The smallest absolute Gasteiger partial charge is 0.252 e. The average Bonchev–Trinajstić information content (AvgIpc) is 2.52. The van der Waals surface area contributed by atoms with E-state index in [1.54, 1.807) is 0 Å². The van der Waals surface area contributed by atoms with Crippen molar-refractivity contribution >= 4 is 49.1 Å². The number of hydrogen-bond acceptors (Lipinski definition) is 2. The van der Waals surface area contributed by atoms with Crippen molar-refractivity contribution in [2.75, 3.05) is 5.33 Å². The zero-order chi connectivity index (χ0) is 10.6.